The predicted molar refractivity (Wildman–Crippen MR) is 77.5 cm³/mol. The van der Waals surface area contributed by atoms with Gasteiger partial charge in [0.05, 0.1) is 0 Å². The molecule has 0 aliphatic carbocycles. The third kappa shape index (κ3) is 3.49. The van der Waals surface area contributed by atoms with Gasteiger partial charge >= 0.3 is 0 Å². The van der Waals surface area contributed by atoms with Crippen molar-refractivity contribution in [1.29, 1.82) is 0 Å². The Labute approximate surface area is 123 Å². The van der Waals surface area contributed by atoms with Gasteiger partial charge in [-0.1, -0.05) is 12.1 Å². The number of carbonyl (C=O) groups excluding carboxylic acids is 2. The van der Waals surface area contributed by atoms with Crippen LogP contribution in [0, 0.1) is 0 Å². The standard InChI is InChI=1S/C14H18ClN3O2/c1-10(19)18-6-5-16-9-13(18)17-14(20)12-4-2-3-11(7-12)8-15/h2-4,7,13,16H,5-6,8-9H2,1H3,(H,17,20). The van der Waals surface area contributed by atoms with E-state index in [9.17, 15) is 9.59 Å². The van der Waals surface area contributed by atoms with Crippen molar-refractivity contribution >= 4 is 23.4 Å². The zero-order valence-electron chi connectivity index (χ0n) is 11.4. The second kappa shape index (κ2) is 6.72. The van der Waals surface area contributed by atoms with Gasteiger partial charge in [0.25, 0.3) is 5.91 Å². The SMILES string of the molecule is CC(=O)N1CCNCC1NC(=O)c1cccc(CCl)c1. The Balaban J connectivity index is 2.07. The third-order valence-corrected chi connectivity index (χ3v) is 3.60. The quantitative estimate of drug-likeness (QED) is 0.816. The van der Waals surface area contributed by atoms with Crippen LogP contribution in [0.5, 0.6) is 0 Å². The molecular weight excluding hydrogens is 278 g/mol. The maximum Gasteiger partial charge on any atom is 0.252 e. The highest BCUT2D eigenvalue weighted by Gasteiger charge is 2.25. The Morgan fingerprint density at radius 2 is 2.30 bits per heavy atom. The molecule has 1 aliphatic heterocycles. The first kappa shape index (κ1) is 14.8. The van der Waals surface area contributed by atoms with E-state index in [-0.39, 0.29) is 18.0 Å². The summed E-state index contributed by atoms with van der Waals surface area (Å²) >= 11 is 5.77. The number of carbonyl (C=O) groups is 2. The third-order valence-electron chi connectivity index (χ3n) is 3.29. The fourth-order valence-electron chi connectivity index (χ4n) is 2.24. The van der Waals surface area contributed by atoms with Crippen LogP contribution in [0.15, 0.2) is 24.3 Å². The summed E-state index contributed by atoms with van der Waals surface area (Å²) in [6.07, 6.45) is -0.312. The summed E-state index contributed by atoms with van der Waals surface area (Å²) in [6, 6.07) is 7.17. The molecule has 0 spiro atoms. The van der Waals surface area contributed by atoms with Crippen LogP contribution in [-0.2, 0) is 10.7 Å². The molecule has 1 aromatic carbocycles. The van der Waals surface area contributed by atoms with Crippen molar-refractivity contribution in [2.24, 2.45) is 0 Å². The van der Waals surface area contributed by atoms with Gasteiger partial charge in [-0.3, -0.25) is 9.59 Å². The van der Waals surface area contributed by atoms with Crippen molar-refractivity contribution in [3.05, 3.63) is 35.4 Å². The molecule has 1 saturated heterocycles. The van der Waals surface area contributed by atoms with Crippen LogP contribution in [0.4, 0.5) is 0 Å². The van der Waals surface area contributed by atoms with E-state index < -0.39 is 0 Å². The first-order valence-electron chi connectivity index (χ1n) is 6.55. The number of amides is 2. The van der Waals surface area contributed by atoms with Crippen molar-refractivity contribution in [2.75, 3.05) is 19.6 Å². The summed E-state index contributed by atoms with van der Waals surface area (Å²) in [5, 5.41) is 6.05. The average molecular weight is 296 g/mol. The molecule has 5 nitrogen and oxygen atoms in total. The van der Waals surface area contributed by atoms with Crippen LogP contribution in [0.25, 0.3) is 0 Å². The predicted octanol–water partition coefficient (Wildman–Crippen LogP) is 0.933. The molecule has 20 heavy (non-hydrogen) atoms. The van der Waals surface area contributed by atoms with Gasteiger partial charge in [0.2, 0.25) is 5.91 Å². The maximum atomic E-state index is 12.2. The number of hydrogen-bond acceptors (Lipinski definition) is 3. The zero-order valence-corrected chi connectivity index (χ0v) is 12.1. The first-order chi connectivity index (χ1) is 9.61. The molecule has 2 amide bonds. The Morgan fingerprint density at radius 1 is 1.50 bits per heavy atom. The van der Waals surface area contributed by atoms with Crippen LogP contribution in [-0.4, -0.2) is 42.5 Å². The monoisotopic (exact) mass is 295 g/mol. The molecule has 0 radical (unpaired) electrons. The lowest BCUT2D eigenvalue weighted by molar-refractivity contribution is -0.132. The summed E-state index contributed by atoms with van der Waals surface area (Å²) in [5.41, 5.74) is 1.45. The van der Waals surface area contributed by atoms with Crippen LogP contribution in [0.1, 0.15) is 22.8 Å². The van der Waals surface area contributed by atoms with Crippen LogP contribution < -0.4 is 10.6 Å². The van der Waals surface area contributed by atoms with Gasteiger partial charge in [-0.05, 0) is 17.7 Å². The molecule has 1 unspecified atom stereocenters. The lowest BCUT2D eigenvalue weighted by Gasteiger charge is -2.35. The van der Waals surface area contributed by atoms with Crippen molar-refractivity contribution in [3.8, 4) is 0 Å². The number of rotatable bonds is 3. The Kier molecular flexibility index (Phi) is 4.98. The van der Waals surface area contributed by atoms with E-state index in [1.807, 2.05) is 6.07 Å². The van der Waals surface area contributed by atoms with Gasteiger partial charge in [0, 0.05) is 38.0 Å². The van der Waals surface area contributed by atoms with E-state index in [0.29, 0.717) is 24.5 Å². The Hall–Kier alpha value is -1.59. The molecule has 1 aromatic rings. The summed E-state index contributed by atoms with van der Waals surface area (Å²) in [6.45, 7) is 3.41. The van der Waals surface area contributed by atoms with Crippen molar-refractivity contribution in [3.63, 3.8) is 0 Å². The van der Waals surface area contributed by atoms with Gasteiger partial charge in [-0.2, -0.15) is 0 Å². The highest BCUT2D eigenvalue weighted by molar-refractivity contribution is 6.17. The van der Waals surface area contributed by atoms with Gasteiger partial charge in [0.15, 0.2) is 0 Å². The summed E-state index contributed by atoms with van der Waals surface area (Å²) in [4.78, 5) is 25.5. The molecule has 1 aliphatic rings. The lowest BCUT2D eigenvalue weighted by atomic mass is 10.1. The smallest absolute Gasteiger partial charge is 0.252 e. The Bertz CT molecular complexity index is 507. The lowest BCUT2D eigenvalue weighted by Crippen LogP contribution is -2.60. The summed E-state index contributed by atoms with van der Waals surface area (Å²) in [5.74, 6) is 0.134. The Morgan fingerprint density at radius 3 is 3.00 bits per heavy atom. The molecule has 6 heteroatoms. The molecule has 0 bridgehead atoms. The number of nitrogens with zero attached hydrogens (tertiary/aromatic N) is 1. The molecule has 1 fully saturated rings. The van der Waals surface area contributed by atoms with E-state index in [4.69, 9.17) is 11.6 Å². The number of hydrogen-bond donors (Lipinski definition) is 2. The zero-order chi connectivity index (χ0) is 14.5. The highest BCUT2D eigenvalue weighted by atomic mass is 35.5. The molecule has 1 atom stereocenters. The fraction of sp³-hybridized carbons (Fsp3) is 0.429. The molecular formula is C14H18ClN3O2. The van der Waals surface area contributed by atoms with Gasteiger partial charge in [-0.25, -0.2) is 0 Å². The van der Waals surface area contributed by atoms with E-state index in [1.54, 1.807) is 23.1 Å². The molecule has 2 rings (SSSR count). The largest absolute Gasteiger partial charge is 0.331 e. The van der Waals surface area contributed by atoms with E-state index in [1.165, 1.54) is 6.92 Å². The molecule has 1 heterocycles. The number of piperazine rings is 1. The topological polar surface area (TPSA) is 61.4 Å². The fourth-order valence-corrected chi connectivity index (χ4v) is 2.41. The van der Waals surface area contributed by atoms with Gasteiger partial charge in [0.1, 0.15) is 6.17 Å². The second-order valence-corrected chi connectivity index (χ2v) is 5.01. The van der Waals surface area contributed by atoms with Gasteiger partial charge in [-0.15, -0.1) is 11.6 Å². The molecule has 108 valence electrons. The van der Waals surface area contributed by atoms with Crippen LogP contribution in [0.3, 0.4) is 0 Å². The minimum absolute atomic E-state index is 0.0358. The molecule has 2 N–H and O–H groups in total. The van der Waals surface area contributed by atoms with E-state index in [2.05, 4.69) is 10.6 Å². The van der Waals surface area contributed by atoms with Crippen molar-refractivity contribution in [1.82, 2.24) is 15.5 Å². The van der Waals surface area contributed by atoms with Crippen molar-refractivity contribution < 1.29 is 9.59 Å². The van der Waals surface area contributed by atoms with Crippen LogP contribution >= 0.6 is 11.6 Å². The van der Waals surface area contributed by atoms with Crippen LogP contribution in [0.2, 0.25) is 0 Å². The summed E-state index contributed by atoms with van der Waals surface area (Å²) in [7, 11) is 0. The minimum atomic E-state index is -0.312. The number of nitrogens with one attached hydrogen (secondary N) is 2. The number of benzene rings is 1. The molecule has 0 saturated carbocycles. The van der Waals surface area contributed by atoms with Gasteiger partial charge < -0.3 is 15.5 Å². The first-order valence-corrected chi connectivity index (χ1v) is 7.09. The summed E-state index contributed by atoms with van der Waals surface area (Å²) < 4.78 is 0. The van der Waals surface area contributed by atoms with E-state index in [0.717, 1.165) is 12.1 Å². The van der Waals surface area contributed by atoms with Crippen molar-refractivity contribution in [2.45, 2.75) is 19.0 Å². The maximum absolute atomic E-state index is 12.2. The number of halogens is 1. The number of alkyl halides is 1. The minimum Gasteiger partial charge on any atom is -0.331 e. The second-order valence-electron chi connectivity index (χ2n) is 4.74. The van der Waals surface area contributed by atoms with E-state index >= 15 is 0 Å². The highest BCUT2D eigenvalue weighted by Crippen LogP contribution is 2.09. The average Bonchev–Trinajstić information content (AvgIpc) is 2.47. The normalized spacial score (nSPS) is 18.7. The molecule has 0 aromatic heterocycles.